The van der Waals surface area contributed by atoms with E-state index < -0.39 is 0 Å². The fourth-order valence-electron chi connectivity index (χ4n) is 3.35. The highest BCUT2D eigenvalue weighted by Crippen LogP contribution is 2.27. The molecule has 146 valence electrons. The number of benzene rings is 1. The van der Waals surface area contributed by atoms with Crippen molar-refractivity contribution in [3.63, 3.8) is 0 Å². The molecule has 2 atom stereocenters. The van der Waals surface area contributed by atoms with Crippen molar-refractivity contribution in [1.29, 1.82) is 0 Å². The van der Waals surface area contributed by atoms with Crippen molar-refractivity contribution in [3.8, 4) is 11.5 Å². The Kier molecular flexibility index (Phi) is 8.05. The molecule has 2 unspecified atom stereocenters. The molecular weight excluding hydrogens is 330 g/mol. The molecule has 1 aromatic carbocycles. The Balaban J connectivity index is 1.57. The number of rotatable bonds is 11. The average Bonchev–Trinajstić information content (AvgIpc) is 3.36. The van der Waals surface area contributed by atoms with Crippen LogP contribution in [0.4, 0.5) is 0 Å². The summed E-state index contributed by atoms with van der Waals surface area (Å²) in [6.07, 6.45) is 7.26. The first-order chi connectivity index (χ1) is 12.8. The molecule has 2 saturated heterocycles. The van der Waals surface area contributed by atoms with Gasteiger partial charge >= 0.3 is 0 Å². The fraction of sp³-hybridized carbons (Fsp3) is 0.714. The van der Waals surface area contributed by atoms with E-state index in [1.165, 1.54) is 18.4 Å². The third-order valence-electron chi connectivity index (χ3n) is 4.97. The summed E-state index contributed by atoms with van der Waals surface area (Å²) in [7, 11) is 0. The number of hydrogen-bond donors (Lipinski definition) is 1. The van der Waals surface area contributed by atoms with Gasteiger partial charge in [0, 0.05) is 31.4 Å². The van der Waals surface area contributed by atoms with Crippen LogP contribution in [0.15, 0.2) is 18.2 Å². The van der Waals surface area contributed by atoms with Crippen LogP contribution in [0.1, 0.15) is 51.0 Å². The average molecular weight is 363 g/mol. The summed E-state index contributed by atoms with van der Waals surface area (Å²) in [6.45, 7) is 6.97. The molecule has 3 rings (SSSR count). The molecule has 2 aliphatic heterocycles. The van der Waals surface area contributed by atoms with Crippen molar-refractivity contribution in [3.05, 3.63) is 23.8 Å². The van der Waals surface area contributed by atoms with Gasteiger partial charge in [0.2, 0.25) is 0 Å². The van der Waals surface area contributed by atoms with Gasteiger partial charge in [-0.2, -0.15) is 0 Å². The fourth-order valence-corrected chi connectivity index (χ4v) is 3.35. The molecule has 0 saturated carbocycles. The molecule has 26 heavy (non-hydrogen) atoms. The van der Waals surface area contributed by atoms with E-state index in [2.05, 4.69) is 18.3 Å². The lowest BCUT2D eigenvalue weighted by atomic mass is 10.1. The van der Waals surface area contributed by atoms with Crippen LogP contribution in [0, 0.1) is 0 Å². The standard InChI is InChI=1S/C21H33NO4/c1-2-3-10-22-14-17-8-9-18(25-15-19-6-4-11-23-19)13-21(17)26-16-20-7-5-12-24-20/h8-9,13,19-20,22H,2-7,10-12,14-16H2,1H3. The van der Waals surface area contributed by atoms with Crippen LogP contribution in [-0.4, -0.2) is 45.2 Å². The maximum absolute atomic E-state index is 6.11. The molecular formula is C21H33NO4. The van der Waals surface area contributed by atoms with Gasteiger partial charge in [-0.05, 0) is 44.7 Å². The first kappa shape index (κ1) is 19.5. The van der Waals surface area contributed by atoms with E-state index in [-0.39, 0.29) is 12.2 Å². The maximum Gasteiger partial charge on any atom is 0.127 e. The predicted molar refractivity (Wildman–Crippen MR) is 102 cm³/mol. The van der Waals surface area contributed by atoms with E-state index in [1.54, 1.807) is 0 Å². The van der Waals surface area contributed by atoms with E-state index in [0.717, 1.165) is 63.5 Å². The van der Waals surface area contributed by atoms with Gasteiger partial charge in [-0.15, -0.1) is 0 Å². The van der Waals surface area contributed by atoms with Crippen LogP contribution in [0.2, 0.25) is 0 Å². The smallest absolute Gasteiger partial charge is 0.127 e. The normalized spacial score (nSPS) is 22.7. The van der Waals surface area contributed by atoms with E-state index in [9.17, 15) is 0 Å². The van der Waals surface area contributed by atoms with Gasteiger partial charge in [-0.3, -0.25) is 0 Å². The first-order valence-corrected chi connectivity index (χ1v) is 10.2. The van der Waals surface area contributed by atoms with Crippen LogP contribution >= 0.6 is 0 Å². The molecule has 2 aliphatic rings. The zero-order chi connectivity index (χ0) is 18.0. The van der Waals surface area contributed by atoms with Crippen molar-refractivity contribution < 1.29 is 18.9 Å². The second kappa shape index (κ2) is 10.8. The van der Waals surface area contributed by atoms with Gasteiger partial charge in [-0.1, -0.05) is 19.4 Å². The lowest BCUT2D eigenvalue weighted by Crippen LogP contribution is -2.19. The number of unbranched alkanes of at least 4 members (excludes halogenated alkanes) is 1. The van der Waals surface area contributed by atoms with Crippen LogP contribution < -0.4 is 14.8 Å². The third-order valence-corrected chi connectivity index (χ3v) is 4.97. The molecule has 5 heteroatoms. The van der Waals surface area contributed by atoms with Gasteiger partial charge < -0.3 is 24.3 Å². The highest BCUT2D eigenvalue weighted by molar-refractivity contribution is 5.40. The molecule has 2 fully saturated rings. The SMILES string of the molecule is CCCCNCc1ccc(OCC2CCCO2)cc1OCC1CCCO1. The lowest BCUT2D eigenvalue weighted by molar-refractivity contribution is 0.0652. The molecule has 1 N–H and O–H groups in total. The molecule has 5 nitrogen and oxygen atoms in total. The van der Waals surface area contributed by atoms with E-state index >= 15 is 0 Å². The number of hydrogen-bond acceptors (Lipinski definition) is 5. The van der Waals surface area contributed by atoms with Gasteiger partial charge in [0.05, 0.1) is 12.2 Å². The molecule has 0 aromatic heterocycles. The first-order valence-electron chi connectivity index (χ1n) is 10.2. The summed E-state index contributed by atoms with van der Waals surface area (Å²) in [5.41, 5.74) is 1.17. The number of ether oxygens (including phenoxy) is 4. The Labute approximate surface area is 157 Å². The Morgan fingerprint density at radius 2 is 1.77 bits per heavy atom. The van der Waals surface area contributed by atoms with Crippen molar-refractivity contribution in [2.45, 2.75) is 64.2 Å². The minimum absolute atomic E-state index is 0.215. The summed E-state index contributed by atoms with van der Waals surface area (Å²) in [5.74, 6) is 1.74. The summed E-state index contributed by atoms with van der Waals surface area (Å²) in [6, 6.07) is 6.15. The van der Waals surface area contributed by atoms with Crippen molar-refractivity contribution >= 4 is 0 Å². The highest BCUT2D eigenvalue weighted by atomic mass is 16.5. The lowest BCUT2D eigenvalue weighted by Gasteiger charge is -2.17. The molecule has 2 heterocycles. The van der Waals surface area contributed by atoms with Crippen LogP contribution in [0.3, 0.4) is 0 Å². The second-order valence-electron chi connectivity index (χ2n) is 7.19. The Bertz CT molecular complexity index is 525. The summed E-state index contributed by atoms with van der Waals surface area (Å²) in [5, 5.41) is 3.50. The topological polar surface area (TPSA) is 49.0 Å². The second-order valence-corrected chi connectivity index (χ2v) is 7.19. The molecule has 1 aromatic rings. The monoisotopic (exact) mass is 363 g/mol. The molecule has 0 amide bonds. The Hall–Kier alpha value is -1.30. The van der Waals surface area contributed by atoms with Crippen molar-refractivity contribution in [2.24, 2.45) is 0 Å². The minimum Gasteiger partial charge on any atom is -0.491 e. The molecule has 0 radical (unpaired) electrons. The highest BCUT2D eigenvalue weighted by Gasteiger charge is 2.18. The zero-order valence-corrected chi connectivity index (χ0v) is 16.0. The number of nitrogens with one attached hydrogen (secondary N) is 1. The van der Waals surface area contributed by atoms with E-state index in [4.69, 9.17) is 18.9 Å². The van der Waals surface area contributed by atoms with E-state index in [0.29, 0.717) is 13.2 Å². The minimum atomic E-state index is 0.215. The van der Waals surface area contributed by atoms with Gasteiger partial charge in [0.1, 0.15) is 24.7 Å². The predicted octanol–water partition coefficient (Wildman–Crippen LogP) is 3.69. The Morgan fingerprint density at radius 3 is 2.42 bits per heavy atom. The largest absolute Gasteiger partial charge is 0.491 e. The van der Waals surface area contributed by atoms with Crippen molar-refractivity contribution in [2.75, 3.05) is 33.0 Å². The van der Waals surface area contributed by atoms with Gasteiger partial charge in [0.15, 0.2) is 0 Å². The van der Waals surface area contributed by atoms with Gasteiger partial charge in [-0.25, -0.2) is 0 Å². The summed E-state index contributed by atoms with van der Waals surface area (Å²) < 4.78 is 23.4. The van der Waals surface area contributed by atoms with Crippen LogP contribution in [0.5, 0.6) is 11.5 Å². The van der Waals surface area contributed by atoms with E-state index in [1.807, 2.05) is 12.1 Å². The maximum atomic E-state index is 6.11. The molecule has 0 spiro atoms. The summed E-state index contributed by atoms with van der Waals surface area (Å²) in [4.78, 5) is 0. The quantitative estimate of drug-likeness (QED) is 0.608. The molecule has 0 bridgehead atoms. The summed E-state index contributed by atoms with van der Waals surface area (Å²) >= 11 is 0. The third kappa shape index (κ3) is 6.15. The zero-order valence-electron chi connectivity index (χ0n) is 16.0. The van der Waals surface area contributed by atoms with Gasteiger partial charge in [0.25, 0.3) is 0 Å². The van der Waals surface area contributed by atoms with Crippen molar-refractivity contribution in [1.82, 2.24) is 5.32 Å². The molecule has 0 aliphatic carbocycles. The Morgan fingerprint density at radius 1 is 1.04 bits per heavy atom. The van der Waals surface area contributed by atoms with Crippen LogP contribution in [-0.2, 0) is 16.0 Å². The van der Waals surface area contributed by atoms with Crippen LogP contribution in [0.25, 0.3) is 0 Å².